The van der Waals surface area contributed by atoms with Crippen LogP contribution in [0.5, 0.6) is 0 Å². The maximum Gasteiger partial charge on any atom is 3.00 e. The number of hydrogen-bond donors (Lipinski definition) is 1. The van der Waals surface area contributed by atoms with Crippen molar-refractivity contribution in [3.63, 3.8) is 0 Å². The summed E-state index contributed by atoms with van der Waals surface area (Å²) >= 11 is 5.94. The maximum atomic E-state index is 6.76. The van der Waals surface area contributed by atoms with E-state index in [-0.39, 0.29) is 37.1 Å². The summed E-state index contributed by atoms with van der Waals surface area (Å²) in [6.07, 6.45) is 1.57. The molecular formula is C16H19ClN3RuS2. The van der Waals surface area contributed by atoms with Gasteiger partial charge in [0.2, 0.25) is 0 Å². The number of nitrogens with one attached hydrogen (secondary N) is 1. The molecule has 0 saturated heterocycles. The number of nitrogens with zero attached hydrogens (tertiary/aromatic N) is 2. The molecule has 23 heavy (non-hydrogen) atoms. The number of amidine groups is 1. The van der Waals surface area contributed by atoms with Gasteiger partial charge in [0.15, 0.2) is 0 Å². The van der Waals surface area contributed by atoms with Gasteiger partial charge in [-0.3, -0.25) is 5.10 Å². The summed E-state index contributed by atoms with van der Waals surface area (Å²) in [7, 11) is 0. The van der Waals surface area contributed by atoms with E-state index < -0.39 is 0 Å². The summed E-state index contributed by atoms with van der Waals surface area (Å²) in [5.41, 5.74) is 6.13. The Hall–Kier alpha value is -0.807. The first-order valence-electron chi connectivity index (χ1n) is 6.58. The molecule has 0 aliphatic carbocycles. The van der Waals surface area contributed by atoms with E-state index in [1.807, 2.05) is 17.5 Å². The molecule has 0 atom stereocenters. The van der Waals surface area contributed by atoms with E-state index in [1.54, 1.807) is 17.6 Å². The standard InChI is InChI=1S/C10H14.C6H6N3S2.ClH.Ru/c1-8(2)10-6-4-9(3)5-7-10;7-6(10)9-8-4-5-2-1-3-11-5;;/h4-8H,1-3H3;1-4H,(H2-,7,9,10);1H;/q;-1;;+3/p-2/b;8-4+;;. The molecule has 0 unspecified atom stereocenters. The molecule has 0 aliphatic rings. The van der Waals surface area contributed by atoms with Gasteiger partial charge in [-0.2, -0.15) is 0 Å². The van der Waals surface area contributed by atoms with Crippen molar-refractivity contribution in [2.24, 2.45) is 5.10 Å². The van der Waals surface area contributed by atoms with Crippen LogP contribution in [-0.4, -0.2) is 11.4 Å². The zero-order valence-electron chi connectivity index (χ0n) is 13.1. The Kier molecular flexibility index (Phi) is 14.5. The molecule has 2 aromatic rings. The first-order chi connectivity index (χ1) is 9.99. The normalized spacial score (nSPS) is 9.39. The molecule has 7 heteroatoms. The minimum atomic E-state index is -0.196. The number of thiophene rings is 1. The molecule has 1 heterocycles. The largest absolute Gasteiger partial charge is 3.00 e. The second-order valence-corrected chi connectivity index (χ2v) is 6.10. The van der Waals surface area contributed by atoms with Gasteiger partial charge in [0, 0.05) is 11.1 Å². The Balaban J connectivity index is 0. The maximum absolute atomic E-state index is 6.76. The predicted molar refractivity (Wildman–Crippen MR) is 95.6 cm³/mol. The zero-order valence-corrected chi connectivity index (χ0v) is 17.3. The van der Waals surface area contributed by atoms with Crippen LogP contribution in [-0.2, 0) is 32.1 Å². The van der Waals surface area contributed by atoms with Gasteiger partial charge in [-0.15, -0.1) is 11.3 Å². The molecule has 0 aliphatic heterocycles. The van der Waals surface area contributed by atoms with Gasteiger partial charge in [0.1, 0.15) is 0 Å². The smallest absolute Gasteiger partial charge is 1.00 e. The molecule has 0 bridgehead atoms. The summed E-state index contributed by atoms with van der Waals surface area (Å²) in [5.74, 6) is 0.653. The number of rotatable bonds is 3. The van der Waals surface area contributed by atoms with Gasteiger partial charge in [0.25, 0.3) is 0 Å². The number of hydrogen-bond acceptors (Lipinski definition) is 4. The third-order valence-electron chi connectivity index (χ3n) is 2.62. The van der Waals surface area contributed by atoms with Gasteiger partial charge in [-0.25, -0.2) is 5.17 Å². The fraction of sp³-hybridized carbons (Fsp3) is 0.250. The molecule has 125 valence electrons. The average Bonchev–Trinajstić information content (AvgIpc) is 2.93. The molecule has 0 spiro atoms. The monoisotopic (exact) mass is 454 g/mol. The summed E-state index contributed by atoms with van der Waals surface area (Å²) in [6.45, 7) is 6.54. The number of halogens is 1. The molecule has 1 aromatic heterocycles. The molecule has 0 amide bonds. The van der Waals surface area contributed by atoms with Gasteiger partial charge in [-0.05, 0) is 29.9 Å². The van der Waals surface area contributed by atoms with Gasteiger partial charge in [0.05, 0.1) is 0 Å². The Bertz CT molecular complexity index is 570. The molecular weight excluding hydrogens is 435 g/mol. The summed E-state index contributed by atoms with van der Waals surface area (Å²) < 4.78 is 0. The average molecular weight is 454 g/mol. The van der Waals surface area contributed by atoms with Gasteiger partial charge in [-0.1, -0.05) is 49.7 Å². The second-order valence-electron chi connectivity index (χ2n) is 4.73. The van der Waals surface area contributed by atoms with Crippen molar-refractivity contribution in [2.75, 3.05) is 0 Å². The second kappa shape index (κ2) is 13.6. The van der Waals surface area contributed by atoms with Crippen molar-refractivity contribution < 1.29 is 31.9 Å². The Labute approximate surface area is 167 Å². The van der Waals surface area contributed by atoms with Crippen LogP contribution in [0, 0.1) is 12.3 Å². The molecule has 0 saturated carbocycles. The first-order valence-corrected chi connectivity index (χ1v) is 7.87. The van der Waals surface area contributed by atoms with E-state index in [9.17, 15) is 0 Å². The first kappa shape index (κ1) is 24.4. The fourth-order valence-electron chi connectivity index (χ4n) is 1.45. The van der Waals surface area contributed by atoms with E-state index in [4.69, 9.17) is 5.41 Å². The topological polar surface area (TPSA) is 50.3 Å². The summed E-state index contributed by atoms with van der Waals surface area (Å²) in [6, 6.07) is 12.5. The van der Waals surface area contributed by atoms with Crippen molar-refractivity contribution in [3.05, 3.63) is 63.2 Å². The van der Waals surface area contributed by atoms with E-state index in [2.05, 4.69) is 68.2 Å². The van der Waals surface area contributed by atoms with Crippen LogP contribution in [0.1, 0.15) is 35.8 Å². The van der Waals surface area contributed by atoms with E-state index in [0.29, 0.717) is 5.92 Å². The summed E-state index contributed by atoms with van der Waals surface area (Å²) in [4.78, 5) is 1.00. The zero-order chi connectivity index (χ0) is 15.7. The molecule has 0 fully saturated rings. The van der Waals surface area contributed by atoms with Crippen LogP contribution in [0.15, 0.2) is 46.9 Å². The minimum Gasteiger partial charge on any atom is -1.00 e. The predicted octanol–water partition coefficient (Wildman–Crippen LogP) is 2.06. The SMILES string of the molecule is Cc1ccc(C(C)C)cc1.N=C([S-])[N-]/N=C/c1cccs1.[Cl-].[Ru+3]. The van der Waals surface area contributed by atoms with Crippen LogP contribution in [0.25, 0.3) is 5.43 Å². The van der Waals surface area contributed by atoms with Crippen molar-refractivity contribution >= 4 is 35.3 Å². The van der Waals surface area contributed by atoms with E-state index in [1.165, 1.54) is 11.1 Å². The third kappa shape index (κ3) is 11.4. The van der Waals surface area contributed by atoms with Crippen molar-refractivity contribution in [3.8, 4) is 0 Å². The Morgan fingerprint density at radius 3 is 2.30 bits per heavy atom. The van der Waals surface area contributed by atoms with Crippen LogP contribution in [0.3, 0.4) is 0 Å². The summed E-state index contributed by atoms with van der Waals surface area (Å²) in [5, 5.41) is 12.1. The molecule has 2 rings (SSSR count). The fourth-order valence-corrected chi connectivity index (χ4v) is 2.08. The van der Waals surface area contributed by atoms with Crippen molar-refractivity contribution in [1.82, 2.24) is 0 Å². The van der Waals surface area contributed by atoms with Crippen LogP contribution >= 0.6 is 11.3 Å². The minimum absolute atomic E-state index is 0. The Morgan fingerprint density at radius 2 is 1.87 bits per heavy atom. The van der Waals surface area contributed by atoms with Crippen LogP contribution < -0.4 is 12.4 Å². The van der Waals surface area contributed by atoms with Gasteiger partial charge >= 0.3 is 19.5 Å². The quantitative estimate of drug-likeness (QED) is 0.250. The molecule has 1 aromatic carbocycles. The number of aryl methyl sites for hydroxylation is 1. The van der Waals surface area contributed by atoms with Crippen LogP contribution in [0.2, 0.25) is 0 Å². The third-order valence-corrected chi connectivity index (χ3v) is 3.51. The molecule has 1 N–H and O–H groups in total. The van der Waals surface area contributed by atoms with Gasteiger partial charge < -0.3 is 35.9 Å². The van der Waals surface area contributed by atoms with Crippen LogP contribution in [0.4, 0.5) is 0 Å². The van der Waals surface area contributed by atoms with E-state index >= 15 is 0 Å². The van der Waals surface area contributed by atoms with Crippen molar-refractivity contribution in [2.45, 2.75) is 26.7 Å². The molecule has 3 nitrogen and oxygen atoms in total. The molecule has 1 radical (unpaired) electrons. The van der Waals surface area contributed by atoms with E-state index in [0.717, 1.165) is 4.88 Å². The van der Waals surface area contributed by atoms with Crippen molar-refractivity contribution in [1.29, 1.82) is 5.41 Å². The Morgan fingerprint density at radius 1 is 1.26 bits per heavy atom. The number of benzene rings is 1.